The molecule has 20 heavy (non-hydrogen) atoms. The van der Waals surface area contributed by atoms with Gasteiger partial charge in [0.15, 0.2) is 11.5 Å². The number of carboxylic acids is 1. The molecule has 0 aliphatic carbocycles. The first-order valence-corrected chi connectivity index (χ1v) is 6.88. The molecule has 0 saturated carbocycles. The Bertz CT molecular complexity index is 455. The van der Waals surface area contributed by atoms with Gasteiger partial charge in [-0.1, -0.05) is 12.1 Å². The van der Waals surface area contributed by atoms with Crippen molar-refractivity contribution in [3.05, 3.63) is 24.3 Å². The minimum atomic E-state index is -0.742. The van der Waals surface area contributed by atoms with E-state index in [0.29, 0.717) is 37.5 Å². The van der Waals surface area contributed by atoms with E-state index in [1.807, 2.05) is 24.3 Å². The molecule has 5 heteroatoms. The Labute approximate surface area is 118 Å². The molecular formula is C15H21NO4. The fourth-order valence-electron chi connectivity index (χ4n) is 2.57. The van der Waals surface area contributed by atoms with Gasteiger partial charge in [0.2, 0.25) is 0 Å². The van der Waals surface area contributed by atoms with E-state index in [4.69, 9.17) is 9.47 Å². The Kier molecular flexibility index (Phi) is 4.84. The topological polar surface area (TPSA) is 67.8 Å². The standard InChI is InChI=1S/C15H21NO4/c1-19-12-5-2-3-6-13(12)20-10-8-15(14(17)18)7-4-9-16-11-15/h2-3,5-6,16H,4,7-11H2,1H3,(H,17,18). The molecule has 1 aromatic rings. The number of ether oxygens (including phenoxy) is 2. The van der Waals surface area contributed by atoms with E-state index in [2.05, 4.69) is 5.32 Å². The number of hydrogen-bond acceptors (Lipinski definition) is 4. The molecular weight excluding hydrogens is 258 g/mol. The van der Waals surface area contributed by atoms with Crippen molar-refractivity contribution in [1.29, 1.82) is 0 Å². The van der Waals surface area contributed by atoms with Gasteiger partial charge in [-0.2, -0.15) is 0 Å². The number of para-hydroxylation sites is 2. The lowest BCUT2D eigenvalue weighted by Crippen LogP contribution is -2.46. The Hall–Kier alpha value is -1.75. The number of piperidine rings is 1. The van der Waals surface area contributed by atoms with Gasteiger partial charge in [0, 0.05) is 6.54 Å². The Morgan fingerprint density at radius 3 is 2.75 bits per heavy atom. The average molecular weight is 279 g/mol. The van der Waals surface area contributed by atoms with Crippen LogP contribution in [0.15, 0.2) is 24.3 Å². The van der Waals surface area contributed by atoms with Crippen LogP contribution in [0.3, 0.4) is 0 Å². The lowest BCUT2D eigenvalue weighted by atomic mass is 9.78. The van der Waals surface area contributed by atoms with Gasteiger partial charge in [-0.05, 0) is 37.9 Å². The second-order valence-electron chi connectivity index (χ2n) is 5.12. The van der Waals surface area contributed by atoms with Crippen molar-refractivity contribution in [3.63, 3.8) is 0 Å². The molecule has 1 aliphatic heterocycles. The summed E-state index contributed by atoms with van der Waals surface area (Å²) in [5, 5.41) is 12.6. The predicted molar refractivity (Wildman–Crippen MR) is 75.3 cm³/mol. The molecule has 1 aromatic carbocycles. The monoisotopic (exact) mass is 279 g/mol. The van der Waals surface area contributed by atoms with Gasteiger partial charge in [0.05, 0.1) is 19.1 Å². The summed E-state index contributed by atoms with van der Waals surface area (Å²) < 4.78 is 10.9. The molecule has 1 saturated heterocycles. The minimum absolute atomic E-state index is 0.369. The normalized spacial score (nSPS) is 22.2. The lowest BCUT2D eigenvalue weighted by Gasteiger charge is -2.33. The van der Waals surface area contributed by atoms with E-state index in [1.165, 1.54) is 0 Å². The third-order valence-electron chi connectivity index (χ3n) is 3.83. The van der Waals surface area contributed by atoms with Crippen LogP contribution < -0.4 is 14.8 Å². The van der Waals surface area contributed by atoms with Crippen LogP contribution >= 0.6 is 0 Å². The van der Waals surface area contributed by atoms with Crippen LogP contribution in [0.5, 0.6) is 11.5 Å². The van der Waals surface area contributed by atoms with Crippen LogP contribution in [-0.2, 0) is 4.79 Å². The number of nitrogens with one attached hydrogen (secondary N) is 1. The number of benzene rings is 1. The summed E-state index contributed by atoms with van der Waals surface area (Å²) >= 11 is 0. The van der Waals surface area contributed by atoms with Gasteiger partial charge in [0.25, 0.3) is 0 Å². The van der Waals surface area contributed by atoms with Crippen LogP contribution in [0.25, 0.3) is 0 Å². The van der Waals surface area contributed by atoms with Crippen molar-refractivity contribution in [2.24, 2.45) is 5.41 Å². The highest BCUT2D eigenvalue weighted by Gasteiger charge is 2.39. The van der Waals surface area contributed by atoms with Crippen molar-refractivity contribution in [3.8, 4) is 11.5 Å². The van der Waals surface area contributed by atoms with Gasteiger partial charge >= 0.3 is 5.97 Å². The first kappa shape index (κ1) is 14.7. The summed E-state index contributed by atoms with van der Waals surface area (Å²) in [5.41, 5.74) is -0.708. The summed E-state index contributed by atoms with van der Waals surface area (Å²) in [4.78, 5) is 11.5. The maximum absolute atomic E-state index is 11.5. The Morgan fingerprint density at radius 2 is 2.15 bits per heavy atom. The molecule has 0 aromatic heterocycles. The molecule has 1 aliphatic rings. The molecule has 5 nitrogen and oxygen atoms in total. The largest absolute Gasteiger partial charge is 0.493 e. The Morgan fingerprint density at radius 1 is 1.40 bits per heavy atom. The number of aliphatic carboxylic acids is 1. The quantitative estimate of drug-likeness (QED) is 0.832. The van der Waals surface area contributed by atoms with Crippen LogP contribution in [0.4, 0.5) is 0 Å². The smallest absolute Gasteiger partial charge is 0.311 e. The maximum atomic E-state index is 11.5. The number of carboxylic acid groups (broad SMARTS) is 1. The first-order valence-electron chi connectivity index (χ1n) is 6.88. The molecule has 110 valence electrons. The van der Waals surface area contributed by atoms with Gasteiger partial charge < -0.3 is 19.9 Å². The molecule has 0 bridgehead atoms. The summed E-state index contributed by atoms with van der Waals surface area (Å²) in [5.74, 6) is 0.575. The Balaban J connectivity index is 1.95. The zero-order valence-corrected chi connectivity index (χ0v) is 11.7. The second kappa shape index (κ2) is 6.61. The van der Waals surface area contributed by atoms with Gasteiger partial charge in [-0.15, -0.1) is 0 Å². The molecule has 0 spiro atoms. The van der Waals surface area contributed by atoms with Gasteiger partial charge in [-0.25, -0.2) is 0 Å². The third-order valence-corrected chi connectivity index (χ3v) is 3.83. The van der Waals surface area contributed by atoms with Crippen molar-refractivity contribution >= 4 is 5.97 Å². The molecule has 1 atom stereocenters. The predicted octanol–water partition coefficient (Wildman–Crippen LogP) is 1.92. The van der Waals surface area contributed by atoms with Crippen molar-refractivity contribution in [1.82, 2.24) is 5.32 Å². The summed E-state index contributed by atoms with van der Waals surface area (Å²) in [7, 11) is 1.59. The fourth-order valence-corrected chi connectivity index (χ4v) is 2.57. The van der Waals surface area contributed by atoms with E-state index in [0.717, 1.165) is 13.0 Å². The molecule has 2 N–H and O–H groups in total. The molecule has 2 rings (SSSR count). The van der Waals surface area contributed by atoms with Gasteiger partial charge in [0.1, 0.15) is 0 Å². The number of carbonyl (C=O) groups is 1. The molecule has 1 unspecified atom stereocenters. The number of rotatable bonds is 6. The van der Waals surface area contributed by atoms with E-state index in [9.17, 15) is 9.90 Å². The van der Waals surface area contributed by atoms with E-state index < -0.39 is 11.4 Å². The van der Waals surface area contributed by atoms with Crippen molar-refractivity contribution in [2.75, 3.05) is 26.8 Å². The van der Waals surface area contributed by atoms with Gasteiger partial charge in [-0.3, -0.25) is 4.79 Å². The number of methoxy groups -OCH3 is 1. The molecule has 0 amide bonds. The van der Waals surface area contributed by atoms with Crippen LogP contribution in [0.1, 0.15) is 19.3 Å². The average Bonchev–Trinajstić information content (AvgIpc) is 2.48. The summed E-state index contributed by atoms with van der Waals surface area (Å²) in [6, 6.07) is 7.39. The van der Waals surface area contributed by atoms with Crippen LogP contribution in [-0.4, -0.2) is 37.9 Å². The highest BCUT2D eigenvalue weighted by Crippen LogP contribution is 2.32. The molecule has 1 fully saturated rings. The highest BCUT2D eigenvalue weighted by atomic mass is 16.5. The zero-order valence-electron chi connectivity index (χ0n) is 11.7. The van der Waals surface area contributed by atoms with Crippen LogP contribution in [0.2, 0.25) is 0 Å². The SMILES string of the molecule is COc1ccccc1OCCC1(C(=O)O)CCCNC1. The van der Waals surface area contributed by atoms with Crippen LogP contribution in [0, 0.1) is 5.41 Å². The first-order chi connectivity index (χ1) is 9.68. The van der Waals surface area contributed by atoms with E-state index >= 15 is 0 Å². The third kappa shape index (κ3) is 3.22. The summed E-state index contributed by atoms with van der Waals surface area (Å²) in [6.45, 7) is 1.77. The molecule has 1 heterocycles. The van der Waals surface area contributed by atoms with E-state index in [-0.39, 0.29) is 0 Å². The molecule has 0 radical (unpaired) electrons. The minimum Gasteiger partial charge on any atom is -0.493 e. The van der Waals surface area contributed by atoms with Crippen molar-refractivity contribution < 1.29 is 19.4 Å². The van der Waals surface area contributed by atoms with E-state index in [1.54, 1.807) is 7.11 Å². The lowest BCUT2D eigenvalue weighted by molar-refractivity contribution is -0.151. The second-order valence-corrected chi connectivity index (χ2v) is 5.12. The fraction of sp³-hybridized carbons (Fsp3) is 0.533. The summed E-state index contributed by atoms with van der Waals surface area (Å²) in [6.07, 6.45) is 2.08. The zero-order chi connectivity index (χ0) is 14.4. The number of hydrogen-bond donors (Lipinski definition) is 2. The van der Waals surface area contributed by atoms with Crippen molar-refractivity contribution in [2.45, 2.75) is 19.3 Å². The highest BCUT2D eigenvalue weighted by molar-refractivity contribution is 5.75. The maximum Gasteiger partial charge on any atom is 0.311 e.